The van der Waals surface area contributed by atoms with Crippen molar-refractivity contribution < 1.29 is 32.2 Å². The molecule has 23 heavy (non-hydrogen) atoms. The molecule has 0 aliphatic carbocycles. The highest BCUT2D eigenvalue weighted by atomic mass is 19.4. The van der Waals surface area contributed by atoms with Crippen LogP contribution in [0.15, 0.2) is 18.2 Å². The van der Waals surface area contributed by atoms with Gasteiger partial charge in [0.05, 0.1) is 13.7 Å². The zero-order valence-corrected chi connectivity index (χ0v) is 12.4. The Bertz CT molecular complexity index is 545. The molecule has 1 aliphatic heterocycles. The first-order valence-electron chi connectivity index (χ1n) is 6.90. The summed E-state index contributed by atoms with van der Waals surface area (Å²) in [6.45, 7) is 0.0121. The van der Waals surface area contributed by atoms with Gasteiger partial charge in [0.1, 0.15) is 6.10 Å². The largest absolute Gasteiger partial charge is 0.493 e. The van der Waals surface area contributed by atoms with Gasteiger partial charge >= 0.3 is 6.18 Å². The number of methoxy groups -OCH3 is 1. The number of hydrogen-bond donors (Lipinski definition) is 2. The molecule has 128 valence electrons. The van der Waals surface area contributed by atoms with Gasteiger partial charge in [-0.2, -0.15) is 13.2 Å². The maximum Gasteiger partial charge on any atom is 0.422 e. The van der Waals surface area contributed by atoms with Crippen LogP contribution in [0.2, 0.25) is 0 Å². The van der Waals surface area contributed by atoms with E-state index in [1.165, 1.54) is 25.3 Å². The van der Waals surface area contributed by atoms with Crippen molar-refractivity contribution in [1.29, 1.82) is 0 Å². The molecule has 0 saturated carbocycles. The maximum atomic E-state index is 12.3. The molecule has 2 N–H and O–H groups in total. The number of nitrogens with one attached hydrogen (secondary N) is 2. The minimum atomic E-state index is -4.47. The van der Waals surface area contributed by atoms with Crippen LogP contribution in [0.1, 0.15) is 0 Å². The van der Waals surface area contributed by atoms with Crippen molar-refractivity contribution in [3.8, 4) is 11.5 Å². The molecule has 1 heterocycles. The first kappa shape index (κ1) is 17.4. The number of ether oxygens (including phenoxy) is 3. The second-order valence-corrected chi connectivity index (χ2v) is 4.82. The maximum absolute atomic E-state index is 12.3. The Morgan fingerprint density at radius 2 is 2.22 bits per heavy atom. The van der Waals surface area contributed by atoms with E-state index in [1.54, 1.807) is 0 Å². The summed E-state index contributed by atoms with van der Waals surface area (Å²) in [5.74, 6) is -0.350. The lowest BCUT2D eigenvalue weighted by atomic mass is 10.2. The third-order valence-electron chi connectivity index (χ3n) is 3.04. The standard InChI is InChI=1S/C14H17F3N2O4/c1-21-10-3-2-9(6-11(10)23-8-14(15,16)17)19-13(20)12-7-18-4-5-22-12/h2-3,6,12,18H,4-5,7-8H2,1H3,(H,19,20). The highest BCUT2D eigenvalue weighted by molar-refractivity contribution is 5.94. The predicted molar refractivity (Wildman–Crippen MR) is 75.8 cm³/mol. The fraction of sp³-hybridized carbons (Fsp3) is 0.500. The van der Waals surface area contributed by atoms with Gasteiger partial charge in [-0.1, -0.05) is 0 Å². The molecule has 2 rings (SSSR count). The van der Waals surface area contributed by atoms with Gasteiger partial charge < -0.3 is 24.8 Å². The van der Waals surface area contributed by atoms with Crippen LogP contribution in [0, 0.1) is 0 Å². The van der Waals surface area contributed by atoms with Crippen LogP contribution in [-0.2, 0) is 9.53 Å². The normalized spacial score (nSPS) is 18.3. The number of benzene rings is 1. The summed E-state index contributed by atoms with van der Waals surface area (Å²) in [5.41, 5.74) is 0.294. The number of morpholine rings is 1. The molecular weight excluding hydrogens is 317 g/mol. The summed E-state index contributed by atoms with van der Waals surface area (Å²) in [6.07, 6.45) is -5.11. The van der Waals surface area contributed by atoms with Crippen LogP contribution in [0.4, 0.5) is 18.9 Å². The second-order valence-electron chi connectivity index (χ2n) is 4.82. The van der Waals surface area contributed by atoms with E-state index >= 15 is 0 Å². The summed E-state index contributed by atoms with van der Waals surface area (Å²) in [7, 11) is 1.32. The molecule has 0 aromatic heterocycles. The molecule has 1 unspecified atom stereocenters. The molecule has 0 spiro atoms. The van der Waals surface area contributed by atoms with E-state index in [9.17, 15) is 18.0 Å². The first-order valence-corrected chi connectivity index (χ1v) is 6.90. The van der Waals surface area contributed by atoms with E-state index in [-0.39, 0.29) is 17.4 Å². The van der Waals surface area contributed by atoms with E-state index in [2.05, 4.69) is 10.6 Å². The molecular formula is C14H17F3N2O4. The van der Waals surface area contributed by atoms with E-state index in [1.807, 2.05) is 0 Å². The smallest absolute Gasteiger partial charge is 0.422 e. The third kappa shape index (κ3) is 5.29. The van der Waals surface area contributed by atoms with Gasteiger partial charge in [0, 0.05) is 24.8 Å². The monoisotopic (exact) mass is 334 g/mol. The fourth-order valence-electron chi connectivity index (χ4n) is 1.98. The summed E-state index contributed by atoms with van der Waals surface area (Å²) in [6, 6.07) is 4.20. The molecule has 1 fully saturated rings. The van der Waals surface area contributed by atoms with E-state index < -0.39 is 18.9 Å². The molecule has 1 aromatic rings. The minimum absolute atomic E-state index is 0.106. The van der Waals surface area contributed by atoms with E-state index in [0.29, 0.717) is 25.4 Å². The van der Waals surface area contributed by atoms with Crippen molar-refractivity contribution in [3.63, 3.8) is 0 Å². The van der Waals surface area contributed by atoms with Gasteiger partial charge in [-0.25, -0.2) is 0 Å². The Labute approximate surface area is 130 Å². The summed E-state index contributed by atoms with van der Waals surface area (Å²) in [5, 5.41) is 5.59. The van der Waals surface area contributed by atoms with Gasteiger partial charge in [-0.15, -0.1) is 0 Å². The summed E-state index contributed by atoms with van der Waals surface area (Å²) >= 11 is 0. The minimum Gasteiger partial charge on any atom is -0.493 e. The lowest BCUT2D eigenvalue weighted by Crippen LogP contribution is -2.45. The molecule has 6 nitrogen and oxygen atoms in total. The van der Waals surface area contributed by atoms with Crippen molar-refractivity contribution >= 4 is 11.6 Å². The van der Waals surface area contributed by atoms with Gasteiger partial charge in [0.2, 0.25) is 0 Å². The molecule has 1 aliphatic rings. The van der Waals surface area contributed by atoms with Crippen molar-refractivity contribution in [1.82, 2.24) is 5.32 Å². The lowest BCUT2D eigenvalue weighted by Gasteiger charge is -2.23. The average Bonchev–Trinajstić information content (AvgIpc) is 2.53. The Kier molecular flexibility index (Phi) is 5.67. The Hall–Kier alpha value is -2.00. The van der Waals surface area contributed by atoms with Crippen molar-refractivity contribution in [2.75, 3.05) is 38.7 Å². The van der Waals surface area contributed by atoms with Crippen LogP contribution >= 0.6 is 0 Å². The number of anilines is 1. The Morgan fingerprint density at radius 3 is 2.83 bits per heavy atom. The highest BCUT2D eigenvalue weighted by Crippen LogP contribution is 2.31. The summed E-state index contributed by atoms with van der Waals surface area (Å²) in [4.78, 5) is 12.0. The van der Waals surface area contributed by atoms with Crippen molar-refractivity contribution in [2.24, 2.45) is 0 Å². The molecule has 1 saturated heterocycles. The SMILES string of the molecule is COc1ccc(NC(=O)C2CNCCO2)cc1OCC(F)(F)F. The number of amides is 1. The number of rotatable bonds is 5. The van der Waals surface area contributed by atoms with Gasteiger partial charge in [-0.3, -0.25) is 4.79 Å². The zero-order valence-electron chi connectivity index (χ0n) is 12.4. The van der Waals surface area contributed by atoms with Crippen LogP contribution < -0.4 is 20.1 Å². The Morgan fingerprint density at radius 1 is 1.43 bits per heavy atom. The van der Waals surface area contributed by atoms with Gasteiger partial charge in [-0.05, 0) is 12.1 Å². The first-order chi connectivity index (χ1) is 10.9. The molecule has 1 amide bonds. The number of carbonyl (C=O) groups excluding carboxylic acids is 1. The van der Waals surface area contributed by atoms with Gasteiger partial charge in [0.25, 0.3) is 5.91 Å². The van der Waals surface area contributed by atoms with Crippen LogP contribution in [-0.4, -0.2) is 51.6 Å². The number of alkyl halides is 3. The predicted octanol–water partition coefficient (Wildman–Crippen LogP) is 1.56. The number of halogens is 3. The van der Waals surface area contributed by atoms with Crippen molar-refractivity contribution in [2.45, 2.75) is 12.3 Å². The molecule has 0 bridgehead atoms. The molecule has 9 heteroatoms. The van der Waals surface area contributed by atoms with Crippen molar-refractivity contribution in [3.05, 3.63) is 18.2 Å². The topological polar surface area (TPSA) is 68.8 Å². The zero-order chi connectivity index (χ0) is 16.9. The van der Waals surface area contributed by atoms with Gasteiger partial charge in [0.15, 0.2) is 18.1 Å². The van der Waals surface area contributed by atoms with Crippen LogP contribution in [0.25, 0.3) is 0 Å². The molecule has 1 aromatic carbocycles. The Balaban J connectivity index is 2.05. The fourth-order valence-corrected chi connectivity index (χ4v) is 1.98. The van der Waals surface area contributed by atoms with Crippen LogP contribution in [0.5, 0.6) is 11.5 Å². The number of hydrogen-bond acceptors (Lipinski definition) is 5. The average molecular weight is 334 g/mol. The quantitative estimate of drug-likeness (QED) is 0.855. The third-order valence-corrected chi connectivity index (χ3v) is 3.04. The van der Waals surface area contributed by atoms with E-state index in [0.717, 1.165) is 0 Å². The molecule has 1 atom stereocenters. The number of carbonyl (C=O) groups is 1. The molecule has 0 radical (unpaired) electrons. The highest BCUT2D eigenvalue weighted by Gasteiger charge is 2.29. The van der Waals surface area contributed by atoms with Crippen LogP contribution in [0.3, 0.4) is 0 Å². The second kappa shape index (κ2) is 7.51. The lowest BCUT2D eigenvalue weighted by molar-refractivity contribution is -0.153. The summed E-state index contributed by atoms with van der Waals surface area (Å²) < 4.78 is 51.8. The van der Waals surface area contributed by atoms with E-state index in [4.69, 9.17) is 14.2 Å².